The lowest BCUT2D eigenvalue weighted by molar-refractivity contribution is -0.133. The molecule has 1 aromatic rings. The van der Waals surface area contributed by atoms with Crippen LogP contribution >= 0.6 is 11.6 Å². The fourth-order valence-electron chi connectivity index (χ4n) is 2.83. The molecule has 1 atom stereocenters. The minimum atomic E-state index is -0.654. The smallest absolute Gasteiger partial charge is 0.319 e. The molecule has 124 valence electrons. The van der Waals surface area contributed by atoms with E-state index in [1.165, 1.54) is 12.1 Å². The number of benzene rings is 1. The summed E-state index contributed by atoms with van der Waals surface area (Å²) in [5.74, 6) is -0.278. The molecule has 1 saturated heterocycles. The molecular formula is C16H19ClFN3O2. The van der Waals surface area contributed by atoms with E-state index in [9.17, 15) is 14.0 Å². The van der Waals surface area contributed by atoms with Gasteiger partial charge in [0.05, 0.1) is 10.7 Å². The first-order valence-electron chi connectivity index (χ1n) is 7.85. The van der Waals surface area contributed by atoms with Crippen molar-refractivity contribution in [3.8, 4) is 0 Å². The summed E-state index contributed by atoms with van der Waals surface area (Å²) >= 11 is 5.69. The minimum absolute atomic E-state index is 0.0386. The number of anilines is 1. The predicted octanol–water partition coefficient (Wildman–Crippen LogP) is 3.00. The van der Waals surface area contributed by atoms with Crippen LogP contribution in [0.3, 0.4) is 0 Å². The fraction of sp³-hybridized carbons (Fsp3) is 0.500. The Balaban J connectivity index is 1.54. The summed E-state index contributed by atoms with van der Waals surface area (Å²) < 4.78 is 13.8. The predicted molar refractivity (Wildman–Crippen MR) is 85.9 cm³/mol. The van der Waals surface area contributed by atoms with Crippen LogP contribution in [-0.2, 0) is 4.79 Å². The van der Waals surface area contributed by atoms with Gasteiger partial charge in [0.15, 0.2) is 5.82 Å². The van der Waals surface area contributed by atoms with Crippen LogP contribution in [0.4, 0.5) is 14.9 Å². The average Bonchev–Trinajstić information content (AvgIpc) is 3.36. The molecule has 2 aliphatic rings. The van der Waals surface area contributed by atoms with Crippen molar-refractivity contribution in [2.45, 2.75) is 31.7 Å². The summed E-state index contributed by atoms with van der Waals surface area (Å²) in [6.45, 7) is 1.26. The van der Waals surface area contributed by atoms with Crippen molar-refractivity contribution >= 4 is 29.2 Å². The summed E-state index contributed by atoms with van der Waals surface area (Å²) in [4.78, 5) is 26.0. The van der Waals surface area contributed by atoms with E-state index in [1.807, 2.05) is 4.90 Å². The second-order valence-electron chi connectivity index (χ2n) is 6.10. The number of nitrogens with zero attached hydrogens (tertiary/aromatic N) is 1. The molecule has 1 saturated carbocycles. The van der Waals surface area contributed by atoms with Crippen molar-refractivity contribution in [3.63, 3.8) is 0 Å². The number of amides is 3. The highest BCUT2D eigenvalue weighted by Gasteiger charge is 2.35. The molecule has 2 N–H and O–H groups in total. The summed E-state index contributed by atoms with van der Waals surface area (Å²) in [5.41, 5.74) is 0.0386. The first-order chi connectivity index (χ1) is 11.0. The van der Waals surface area contributed by atoms with Crippen molar-refractivity contribution in [2.75, 3.05) is 18.4 Å². The number of likely N-dealkylation sites (tertiary alicyclic amines) is 1. The van der Waals surface area contributed by atoms with Gasteiger partial charge in [0, 0.05) is 25.0 Å². The van der Waals surface area contributed by atoms with Gasteiger partial charge in [-0.3, -0.25) is 4.79 Å². The van der Waals surface area contributed by atoms with Crippen LogP contribution < -0.4 is 10.6 Å². The molecule has 3 rings (SSSR count). The second kappa shape index (κ2) is 6.74. The highest BCUT2D eigenvalue weighted by atomic mass is 35.5. The van der Waals surface area contributed by atoms with Gasteiger partial charge in [-0.2, -0.15) is 0 Å². The lowest BCUT2D eigenvalue weighted by Gasteiger charge is -2.33. The van der Waals surface area contributed by atoms with E-state index < -0.39 is 11.8 Å². The third-order valence-corrected chi connectivity index (χ3v) is 4.49. The number of hydrogen-bond donors (Lipinski definition) is 2. The van der Waals surface area contributed by atoms with E-state index in [0.717, 1.165) is 32.2 Å². The summed E-state index contributed by atoms with van der Waals surface area (Å²) in [6, 6.07) is 3.83. The van der Waals surface area contributed by atoms with Crippen molar-refractivity contribution < 1.29 is 14.0 Å². The third-order valence-electron chi connectivity index (χ3n) is 4.19. The Labute approximate surface area is 139 Å². The topological polar surface area (TPSA) is 61.4 Å². The molecule has 3 amide bonds. The minimum Gasteiger partial charge on any atom is -0.340 e. The summed E-state index contributed by atoms with van der Waals surface area (Å²) in [6.07, 6.45) is 3.61. The summed E-state index contributed by atoms with van der Waals surface area (Å²) in [5, 5.41) is 5.23. The Kier molecular flexibility index (Phi) is 4.71. The molecule has 0 aromatic heterocycles. The monoisotopic (exact) mass is 339 g/mol. The second-order valence-corrected chi connectivity index (χ2v) is 6.50. The Morgan fingerprint density at radius 1 is 1.26 bits per heavy atom. The molecule has 5 nitrogen and oxygen atoms in total. The number of urea groups is 1. The van der Waals surface area contributed by atoms with Crippen molar-refractivity contribution in [1.82, 2.24) is 10.2 Å². The van der Waals surface area contributed by atoms with Crippen LogP contribution in [0.5, 0.6) is 0 Å². The number of halogens is 2. The lowest BCUT2D eigenvalue weighted by Crippen LogP contribution is -2.50. The number of carbonyl (C=O) groups excluding carboxylic acids is 2. The Bertz CT molecular complexity index is 621. The molecule has 2 fully saturated rings. The number of nitrogens with one attached hydrogen (secondary N) is 2. The number of rotatable bonds is 3. The number of hydrogen-bond acceptors (Lipinski definition) is 2. The van der Waals surface area contributed by atoms with Gasteiger partial charge in [-0.25, -0.2) is 9.18 Å². The van der Waals surface area contributed by atoms with E-state index in [2.05, 4.69) is 10.6 Å². The third kappa shape index (κ3) is 3.93. The van der Waals surface area contributed by atoms with Gasteiger partial charge in [-0.05, 0) is 37.8 Å². The molecule has 0 radical (unpaired) electrons. The van der Waals surface area contributed by atoms with Crippen LogP contribution in [0, 0.1) is 11.7 Å². The molecule has 1 heterocycles. The van der Waals surface area contributed by atoms with Gasteiger partial charge in [0.2, 0.25) is 5.91 Å². The zero-order valence-electron chi connectivity index (χ0n) is 12.6. The van der Waals surface area contributed by atoms with Gasteiger partial charge < -0.3 is 15.5 Å². The largest absolute Gasteiger partial charge is 0.340 e. The van der Waals surface area contributed by atoms with Gasteiger partial charge in [0.1, 0.15) is 0 Å². The van der Waals surface area contributed by atoms with Gasteiger partial charge >= 0.3 is 6.03 Å². The molecule has 0 bridgehead atoms. The van der Waals surface area contributed by atoms with Crippen LogP contribution in [-0.4, -0.2) is 36.0 Å². The molecule has 23 heavy (non-hydrogen) atoms. The molecule has 0 spiro atoms. The lowest BCUT2D eigenvalue weighted by atomic mass is 10.1. The standard InChI is InChI=1S/C16H19ClFN3O2/c17-12-4-1-5-13(14(12)18)20-16(23)19-11-3-2-8-21(9-11)15(22)10-6-7-10/h1,4-5,10-11H,2-3,6-9H2,(H2,19,20,23). The van der Waals surface area contributed by atoms with Gasteiger partial charge in [0.25, 0.3) is 0 Å². The van der Waals surface area contributed by atoms with E-state index in [1.54, 1.807) is 6.07 Å². The van der Waals surface area contributed by atoms with Crippen molar-refractivity contribution in [1.29, 1.82) is 0 Å². The van der Waals surface area contributed by atoms with E-state index in [4.69, 9.17) is 11.6 Å². The summed E-state index contributed by atoms with van der Waals surface area (Å²) in [7, 11) is 0. The number of carbonyl (C=O) groups is 2. The van der Waals surface area contributed by atoms with Crippen LogP contribution in [0.1, 0.15) is 25.7 Å². The molecule has 1 aromatic carbocycles. The number of piperidine rings is 1. The maximum Gasteiger partial charge on any atom is 0.319 e. The average molecular weight is 340 g/mol. The Morgan fingerprint density at radius 2 is 2.04 bits per heavy atom. The normalized spacial score (nSPS) is 21.0. The Morgan fingerprint density at radius 3 is 2.78 bits per heavy atom. The molecule has 1 aliphatic heterocycles. The van der Waals surface area contributed by atoms with Crippen LogP contribution in [0.25, 0.3) is 0 Å². The van der Waals surface area contributed by atoms with Gasteiger partial charge in [-0.15, -0.1) is 0 Å². The van der Waals surface area contributed by atoms with E-state index in [-0.39, 0.29) is 28.6 Å². The highest BCUT2D eigenvalue weighted by molar-refractivity contribution is 6.31. The molecular weight excluding hydrogens is 321 g/mol. The van der Waals surface area contributed by atoms with Crippen LogP contribution in [0.15, 0.2) is 18.2 Å². The van der Waals surface area contributed by atoms with E-state index in [0.29, 0.717) is 6.54 Å². The van der Waals surface area contributed by atoms with Crippen molar-refractivity contribution in [3.05, 3.63) is 29.0 Å². The first kappa shape index (κ1) is 16.1. The Hall–Kier alpha value is -1.82. The van der Waals surface area contributed by atoms with Gasteiger partial charge in [-0.1, -0.05) is 17.7 Å². The van der Waals surface area contributed by atoms with E-state index >= 15 is 0 Å². The SMILES string of the molecule is O=C(Nc1cccc(Cl)c1F)NC1CCCN(C(=O)C2CC2)C1. The van der Waals surface area contributed by atoms with Crippen LogP contribution in [0.2, 0.25) is 5.02 Å². The van der Waals surface area contributed by atoms with Crippen molar-refractivity contribution in [2.24, 2.45) is 5.92 Å². The molecule has 1 aliphatic carbocycles. The maximum absolute atomic E-state index is 13.8. The fourth-order valence-corrected chi connectivity index (χ4v) is 3.00. The molecule has 1 unspecified atom stereocenters. The highest BCUT2D eigenvalue weighted by Crippen LogP contribution is 2.32. The quantitative estimate of drug-likeness (QED) is 0.889. The zero-order chi connectivity index (χ0) is 16.4. The maximum atomic E-state index is 13.8. The zero-order valence-corrected chi connectivity index (χ0v) is 13.4. The first-order valence-corrected chi connectivity index (χ1v) is 8.22. The molecule has 7 heteroatoms.